The number of amides is 1. The van der Waals surface area contributed by atoms with Gasteiger partial charge in [-0.05, 0) is 18.6 Å². The molecular formula is C11H15BrN2O2. The number of hydrogen-bond acceptors (Lipinski definition) is 3. The number of halogens is 1. The molecule has 5 heteroatoms. The van der Waals surface area contributed by atoms with Crippen molar-refractivity contribution in [3.05, 3.63) is 22.7 Å². The van der Waals surface area contributed by atoms with Crippen molar-refractivity contribution in [2.45, 2.75) is 12.8 Å². The number of nitrogen functional groups attached to an aromatic ring is 1. The Labute approximate surface area is 103 Å². The van der Waals surface area contributed by atoms with Gasteiger partial charge in [0, 0.05) is 29.7 Å². The Morgan fingerprint density at radius 1 is 1.50 bits per heavy atom. The van der Waals surface area contributed by atoms with Gasteiger partial charge in [0.05, 0.1) is 6.61 Å². The van der Waals surface area contributed by atoms with Gasteiger partial charge < -0.3 is 15.8 Å². The van der Waals surface area contributed by atoms with E-state index in [-0.39, 0.29) is 5.91 Å². The average Bonchev–Trinajstić information content (AvgIpc) is 2.22. The van der Waals surface area contributed by atoms with Crippen LogP contribution >= 0.6 is 15.9 Å². The van der Waals surface area contributed by atoms with Crippen LogP contribution in [0.4, 0.5) is 5.69 Å². The van der Waals surface area contributed by atoms with Crippen LogP contribution in [0.5, 0.6) is 5.75 Å². The maximum Gasteiger partial charge on any atom is 0.219 e. The molecule has 0 aliphatic rings. The van der Waals surface area contributed by atoms with Crippen LogP contribution < -0.4 is 15.8 Å². The van der Waals surface area contributed by atoms with Gasteiger partial charge in [0.1, 0.15) is 5.75 Å². The summed E-state index contributed by atoms with van der Waals surface area (Å²) in [6.45, 7) is 0.503. The third-order valence-corrected chi connectivity index (χ3v) is 2.45. The quantitative estimate of drug-likeness (QED) is 0.642. The Bertz CT molecular complexity index is 349. The third kappa shape index (κ3) is 4.53. The predicted molar refractivity (Wildman–Crippen MR) is 67.4 cm³/mol. The highest BCUT2D eigenvalue weighted by Crippen LogP contribution is 2.22. The van der Waals surface area contributed by atoms with Crippen molar-refractivity contribution in [1.82, 2.24) is 5.32 Å². The van der Waals surface area contributed by atoms with Crippen LogP contribution in [0, 0.1) is 0 Å². The molecular weight excluding hydrogens is 272 g/mol. The number of benzene rings is 1. The number of carbonyl (C=O) groups is 1. The van der Waals surface area contributed by atoms with Crippen LogP contribution in [-0.2, 0) is 4.79 Å². The van der Waals surface area contributed by atoms with E-state index < -0.39 is 0 Å². The molecule has 88 valence electrons. The van der Waals surface area contributed by atoms with Crippen molar-refractivity contribution >= 4 is 27.5 Å². The van der Waals surface area contributed by atoms with Gasteiger partial charge in [-0.15, -0.1) is 0 Å². The number of anilines is 1. The summed E-state index contributed by atoms with van der Waals surface area (Å²) in [5.41, 5.74) is 6.31. The lowest BCUT2D eigenvalue weighted by Gasteiger charge is -2.07. The zero-order chi connectivity index (χ0) is 12.0. The molecule has 0 atom stereocenters. The molecule has 0 aliphatic heterocycles. The first-order valence-electron chi connectivity index (χ1n) is 5.01. The average molecular weight is 287 g/mol. The topological polar surface area (TPSA) is 64.3 Å². The van der Waals surface area contributed by atoms with E-state index in [4.69, 9.17) is 10.5 Å². The normalized spacial score (nSPS) is 9.88. The second-order valence-electron chi connectivity index (χ2n) is 3.35. The fourth-order valence-corrected chi connectivity index (χ4v) is 1.71. The predicted octanol–water partition coefficient (Wildman–Crippen LogP) is 1.94. The van der Waals surface area contributed by atoms with E-state index >= 15 is 0 Å². The minimum atomic E-state index is 0.0253. The molecule has 0 saturated carbocycles. The monoisotopic (exact) mass is 286 g/mol. The molecule has 1 aromatic rings. The summed E-state index contributed by atoms with van der Waals surface area (Å²) >= 11 is 3.33. The summed E-state index contributed by atoms with van der Waals surface area (Å²) in [5.74, 6) is 0.737. The van der Waals surface area contributed by atoms with Gasteiger partial charge in [-0.25, -0.2) is 0 Å². The molecule has 0 saturated heterocycles. The first kappa shape index (κ1) is 12.8. The lowest BCUT2D eigenvalue weighted by atomic mass is 10.3. The number of nitrogens with one attached hydrogen (secondary N) is 1. The SMILES string of the molecule is CNC(=O)CCCOc1cc(N)cc(Br)c1. The molecule has 0 heterocycles. The van der Waals surface area contributed by atoms with E-state index in [0.717, 1.165) is 4.47 Å². The maximum atomic E-state index is 10.9. The maximum absolute atomic E-state index is 10.9. The van der Waals surface area contributed by atoms with E-state index in [9.17, 15) is 4.79 Å². The van der Waals surface area contributed by atoms with Gasteiger partial charge >= 0.3 is 0 Å². The molecule has 0 aliphatic carbocycles. The fraction of sp³-hybridized carbons (Fsp3) is 0.364. The largest absolute Gasteiger partial charge is 0.493 e. The van der Waals surface area contributed by atoms with Crippen molar-refractivity contribution in [2.24, 2.45) is 0 Å². The number of rotatable bonds is 5. The summed E-state index contributed by atoms with van der Waals surface area (Å²) in [5, 5.41) is 2.56. The van der Waals surface area contributed by atoms with Crippen molar-refractivity contribution in [2.75, 3.05) is 19.4 Å². The van der Waals surface area contributed by atoms with Gasteiger partial charge in [0.25, 0.3) is 0 Å². The first-order chi connectivity index (χ1) is 7.61. The third-order valence-electron chi connectivity index (χ3n) is 1.99. The van der Waals surface area contributed by atoms with Crippen molar-refractivity contribution in [1.29, 1.82) is 0 Å². The molecule has 0 aromatic heterocycles. The molecule has 1 aromatic carbocycles. The Balaban J connectivity index is 2.34. The molecule has 16 heavy (non-hydrogen) atoms. The van der Waals surface area contributed by atoms with Crippen molar-refractivity contribution < 1.29 is 9.53 Å². The van der Waals surface area contributed by atoms with E-state index in [1.807, 2.05) is 6.07 Å². The summed E-state index contributed by atoms with van der Waals surface area (Å²) < 4.78 is 6.36. The van der Waals surface area contributed by atoms with E-state index in [0.29, 0.717) is 30.9 Å². The number of carbonyl (C=O) groups excluding carboxylic acids is 1. The second-order valence-corrected chi connectivity index (χ2v) is 4.26. The van der Waals surface area contributed by atoms with Crippen LogP contribution in [0.15, 0.2) is 22.7 Å². The van der Waals surface area contributed by atoms with Gasteiger partial charge in [-0.1, -0.05) is 15.9 Å². The summed E-state index contributed by atoms with van der Waals surface area (Å²) in [7, 11) is 1.62. The lowest BCUT2D eigenvalue weighted by Crippen LogP contribution is -2.18. The highest BCUT2D eigenvalue weighted by atomic mass is 79.9. The molecule has 0 fully saturated rings. The van der Waals surface area contributed by atoms with E-state index in [1.165, 1.54) is 0 Å². The zero-order valence-electron chi connectivity index (χ0n) is 9.13. The molecule has 0 unspecified atom stereocenters. The zero-order valence-corrected chi connectivity index (χ0v) is 10.7. The van der Waals surface area contributed by atoms with Crippen LogP contribution in [0.2, 0.25) is 0 Å². The van der Waals surface area contributed by atoms with Gasteiger partial charge in [-0.2, -0.15) is 0 Å². The summed E-state index contributed by atoms with van der Waals surface area (Å²) in [4.78, 5) is 10.9. The van der Waals surface area contributed by atoms with Crippen LogP contribution in [0.1, 0.15) is 12.8 Å². The highest BCUT2D eigenvalue weighted by molar-refractivity contribution is 9.10. The lowest BCUT2D eigenvalue weighted by molar-refractivity contribution is -0.120. The van der Waals surface area contributed by atoms with Gasteiger partial charge in [0.2, 0.25) is 5.91 Å². The van der Waals surface area contributed by atoms with Crippen LogP contribution in [-0.4, -0.2) is 19.6 Å². The van der Waals surface area contributed by atoms with E-state index in [2.05, 4.69) is 21.2 Å². The Kier molecular flexibility index (Phi) is 5.11. The molecule has 0 radical (unpaired) electrons. The van der Waals surface area contributed by atoms with Crippen LogP contribution in [0.3, 0.4) is 0 Å². The van der Waals surface area contributed by atoms with Crippen molar-refractivity contribution in [3.63, 3.8) is 0 Å². The summed E-state index contributed by atoms with van der Waals surface area (Å²) in [6.07, 6.45) is 1.16. The molecule has 3 N–H and O–H groups in total. The molecule has 1 amide bonds. The second kappa shape index (κ2) is 6.37. The summed E-state index contributed by atoms with van der Waals surface area (Å²) in [6, 6.07) is 5.40. The molecule has 0 bridgehead atoms. The first-order valence-corrected chi connectivity index (χ1v) is 5.80. The Hall–Kier alpha value is -1.23. The fourth-order valence-electron chi connectivity index (χ4n) is 1.22. The molecule has 1 rings (SSSR count). The number of ether oxygens (including phenoxy) is 1. The van der Waals surface area contributed by atoms with Gasteiger partial charge in [0.15, 0.2) is 0 Å². The number of nitrogens with two attached hydrogens (primary N) is 1. The minimum absolute atomic E-state index is 0.0253. The Morgan fingerprint density at radius 3 is 2.88 bits per heavy atom. The molecule has 0 spiro atoms. The van der Waals surface area contributed by atoms with E-state index in [1.54, 1.807) is 19.2 Å². The Morgan fingerprint density at radius 2 is 2.25 bits per heavy atom. The standard InChI is InChI=1S/C11H15BrN2O2/c1-14-11(15)3-2-4-16-10-6-8(12)5-9(13)7-10/h5-7H,2-4,13H2,1H3,(H,14,15). The minimum Gasteiger partial charge on any atom is -0.493 e. The molecule has 4 nitrogen and oxygen atoms in total. The van der Waals surface area contributed by atoms with Crippen molar-refractivity contribution in [3.8, 4) is 5.75 Å². The number of hydrogen-bond donors (Lipinski definition) is 2. The smallest absolute Gasteiger partial charge is 0.219 e. The highest BCUT2D eigenvalue weighted by Gasteiger charge is 2.00. The van der Waals surface area contributed by atoms with Crippen LogP contribution in [0.25, 0.3) is 0 Å². The van der Waals surface area contributed by atoms with Gasteiger partial charge in [-0.3, -0.25) is 4.79 Å².